The lowest BCUT2D eigenvalue weighted by Crippen LogP contribution is -2.55. The third-order valence-electron chi connectivity index (χ3n) is 6.50. The van der Waals surface area contributed by atoms with E-state index in [-0.39, 0.29) is 34.2 Å². The largest absolute Gasteiger partial charge is 0.472 e. The monoisotopic (exact) mass is 328 g/mol. The van der Waals surface area contributed by atoms with Crippen LogP contribution in [0.15, 0.2) is 34.7 Å². The van der Waals surface area contributed by atoms with Gasteiger partial charge in [0.1, 0.15) is 12.4 Å². The van der Waals surface area contributed by atoms with Crippen molar-refractivity contribution in [3.05, 3.63) is 35.8 Å². The van der Waals surface area contributed by atoms with Gasteiger partial charge >= 0.3 is 0 Å². The summed E-state index contributed by atoms with van der Waals surface area (Å²) in [5.74, 6) is 0.124. The molecule has 1 aliphatic heterocycles. The molecule has 4 rings (SSSR count). The lowest BCUT2D eigenvalue weighted by molar-refractivity contribution is -0.137. The number of furan rings is 1. The summed E-state index contributed by atoms with van der Waals surface area (Å²) in [6.07, 6.45) is 7.35. The highest BCUT2D eigenvalue weighted by atomic mass is 16.5. The fourth-order valence-electron chi connectivity index (χ4n) is 5.68. The molecule has 4 atom stereocenters. The first kappa shape index (κ1) is 15.8. The van der Waals surface area contributed by atoms with E-state index in [1.807, 2.05) is 0 Å². The average Bonchev–Trinajstić information content (AvgIpc) is 3.14. The molecule has 2 heterocycles. The Kier molecular flexibility index (Phi) is 3.40. The molecule has 1 saturated carbocycles. The van der Waals surface area contributed by atoms with Gasteiger partial charge in [-0.3, -0.25) is 9.59 Å². The van der Waals surface area contributed by atoms with Gasteiger partial charge in [-0.15, -0.1) is 0 Å². The minimum Gasteiger partial charge on any atom is -0.472 e. The van der Waals surface area contributed by atoms with Crippen LogP contribution in [0.3, 0.4) is 0 Å². The zero-order valence-corrected chi connectivity index (χ0v) is 14.5. The van der Waals surface area contributed by atoms with Gasteiger partial charge in [0, 0.05) is 11.8 Å². The van der Waals surface area contributed by atoms with E-state index in [0.29, 0.717) is 12.2 Å². The van der Waals surface area contributed by atoms with Crippen LogP contribution < -0.4 is 0 Å². The number of rotatable bonds is 2. The predicted octanol–water partition coefficient (Wildman–Crippen LogP) is 3.82. The van der Waals surface area contributed by atoms with Crippen LogP contribution in [0, 0.1) is 22.7 Å². The van der Waals surface area contributed by atoms with Gasteiger partial charge in [-0.2, -0.15) is 0 Å². The van der Waals surface area contributed by atoms with Crippen LogP contribution in [0.25, 0.3) is 0 Å². The molecule has 24 heavy (non-hydrogen) atoms. The van der Waals surface area contributed by atoms with Crippen molar-refractivity contribution in [3.8, 4) is 0 Å². The van der Waals surface area contributed by atoms with Gasteiger partial charge < -0.3 is 9.15 Å². The molecule has 4 unspecified atom stereocenters. The van der Waals surface area contributed by atoms with Crippen LogP contribution in [0.5, 0.6) is 0 Å². The standard InChI is InChI=1S/C20H24O4/c1-19(2)6-4-7-20(3)15-13(9-14(21)18(19)20)11-24-17(15)16(22)12-5-8-23-10-12/h5,8-10,15,17-18H,4,6-7,11H2,1-3H3. The van der Waals surface area contributed by atoms with Crippen LogP contribution in [0.4, 0.5) is 0 Å². The van der Waals surface area contributed by atoms with Crippen molar-refractivity contribution in [2.75, 3.05) is 6.61 Å². The van der Waals surface area contributed by atoms with Gasteiger partial charge in [0.25, 0.3) is 0 Å². The van der Waals surface area contributed by atoms with E-state index in [9.17, 15) is 9.59 Å². The molecule has 4 nitrogen and oxygen atoms in total. The summed E-state index contributed by atoms with van der Waals surface area (Å²) >= 11 is 0. The maximum atomic E-state index is 12.9. The molecule has 1 aromatic heterocycles. The van der Waals surface area contributed by atoms with E-state index in [2.05, 4.69) is 20.8 Å². The number of fused-ring (bicyclic) bond motifs is 3. The Morgan fingerprint density at radius 1 is 1.25 bits per heavy atom. The number of carbonyl (C=O) groups is 2. The molecular formula is C20H24O4. The number of carbonyl (C=O) groups excluding carboxylic acids is 2. The molecular weight excluding hydrogens is 304 g/mol. The summed E-state index contributed by atoms with van der Waals surface area (Å²) in [6, 6.07) is 1.69. The summed E-state index contributed by atoms with van der Waals surface area (Å²) in [6.45, 7) is 6.95. The van der Waals surface area contributed by atoms with Crippen molar-refractivity contribution in [3.63, 3.8) is 0 Å². The fraction of sp³-hybridized carbons (Fsp3) is 0.600. The zero-order chi connectivity index (χ0) is 17.1. The van der Waals surface area contributed by atoms with Crippen LogP contribution in [0.2, 0.25) is 0 Å². The molecule has 2 aliphatic carbocycles. The molecule has 0 bridgehead atoms. The summed E-state index contributed by atoms with van der Waals surface area (Å²) in [5, 5.41) is 0. The minimum absolute atomic E-state index is 0.0119. The Labute approximate surface area is 142 Å². The molecule has 0 N–H and O–H groups in total. The highest BCUT2D eigenvalue weighted by Crippen LogP contribution is 2.61. The van der Waals surface area contributed by atoms with Crippen LogP contribution in [0.1, 0.15) is 50.4 Å². The minimum atomic E-state index is -0.511. The Morgan fingerprint density at radius 2 is 2.04 bits per heavy atom. The maximum Gasteiger partial charge on any atom is 0.195 e. The van der Waals surface area contributed by atoms with E-state index < -0.39 is 6.10 Å². The van der Waals surface area contributed by atoms with E-state index in [1.54, 1.807) is 12.1 Å². The second kappa shape index (κ2) is 5.16. The van der Waals surface area contributed by atoms with Crippen molar-refractivity contribution in [1.29, 1.82) is 0 Å². The van der Waals surface area contributed by atoms with E-state index in [1.165, 1.54) is 12.5 Å². The van der Waals surface area contributed by atoms with Gasteiger partial charge in [0.05, 0.1) is 18.4 Å². The first-order valence-corrected chi connectivity index (χ1v) is 8.77. The lowest BCUT2D eigenvalue weighted by atomic mass is 9.47. The molecule has 2 fully saturated rings. The molecule has 0 amide bonds. The van der Waals surface area contributed by atoms with Gasteiger partial charge in [0.2, 0.25) is 0 Å². The second-order valence-corrected chi connectivity index (χ2v) is 8.49. The predicted molar refractivity (Wildman–Crippen MR) is 88.6 cm³/mol. The Morgan fingerprint density at radius 3 is 2.75 bits per heavy atom. The topological polar surface area (TPSA) is 56.5 Å². The fourth-order valence-corrected chi connectivity index (χ4v) is 5.68. The molecule has 4 heteroatoms. The van der Waals surface area contributed by atoms with Gasteiger partial charge in [-0.25, -0.2) is 0 Å². The van der Waals surface area contributed by atoms with E-state index >= 15 is 0 Å². The normalized spacial score (nSPS) is 37.5. The summed E-state index contributed by atoms with van der Waals surface area (Å²) < 4.78 is 11.0. The molecule has 0 radical (unpaired) electrons. The zero-order valence-electron chi connectivity index (χ0n) is 14.5. The summed E-state index contributed by atoms with van der Waals surface area (Å²) in [7, 11) is 0. The second-order valence-electron chi connectivity index (χ2n) is 8.49. The summed E-state index contributed by atoms with van der Waals surface area (Å²) in [4.78, 5) is 25.8. The van der Waals surface area contributed by atoms with Crippen molar-refractivity contribution in [1.82, 2.24) is 0 Å². The Balaban J connectivity index is 1.78. The molecule has 0 aromatic carbocycles. The highest BCUT2D eigenvalue weighted by molar-refractivity contribution is 6.01. The maximum absolute atomic E-state index is 12.9. The van der Waals surface area contributed by atoms with Crippen molar-refractivity contribution in [2.24, 2.45) is 22.7 Å². The lowest BCUT2D eigenvalue weighted by Gasteiger charge is -2.55. The Hall–Kier alpha value is -1.68. The van der Waals surface area contributed by atoms with Gasteiger partial charge in [-0.1, -0.05) is 27.2 Å². The first-order chi connectivity index (χ1) is 11.3. The quantitative estimate of drug-likeness (QED) is 0.775. The van der Waals surface area contributed by atoms with E-state index in [0.717, 1.165) is 24.8 Å². The third-order valence-corrected chi connectivity index (χ3v) is 6.50. The molecule has 128 valence electrons. The van der Waals surface area contributed by atoms with Crippen molar-refractivity contribution in [2.45, 2.75) is 46.1 Å². The van der Waals surface area contributed by atoms with Crippen LogP contribution in [-0.2, 0) is 9.53 Å². The van der Waals surface area contributed by atoms with Crippen molar-refractivity contribution >= 4 is 11.6 Å². The van der Waals surface area contributed by atoms with Crippen molar-refractivity contribution < 1.29 is 18.7 Å². The molecule has 1 saturated heterocycles. The number of ketones is 2. The molecule has 1 aromatic rings. The van der Waals surface area contributed by atoms with Gasteiger partial charge in [-0.05, 0) is 41.4 Å². The number of hydrogen-bond acceptors (Lipinski definition) is 4. The number of ether oxygens (including phenoxy) is 1. The smallest absolute Gasteiger partial charge is 0.195 e. The Bertz CT molecular complexity index is 712. The number of hydrogen-bond donors (Lipinski definition) is 0. The highest BCUT2D eigenvalue weighted by Gasteiger charge is 2.60. The third kappa shape index (κ3) is 2.08. The average molecular weight is 328 g/mol. The number of allylic oxidation sites excluding steroid dienone is 1. The molecule has 3 aliphatic rings. The number of Topliss-reactive ketones (excluding diaryl/α,β-unsaturated/α-hetero) is 1. The van der Waals surface area contributed by atoms with Gasteiger partial charge in [0.15, 0.2) is 11.6 Å². The van der Waals surface area contributed by atoms with Crippen LogP contribution in [-0.4, -0.2) is 24.3 Å². The SMILES string of the molecule is CC1(C)CCCC2(C)C3C(=CC(=O)C12)COC3C(=O)c1ccoc1. The first-order valence-electron chi connectivity index (χ1n) is 8.77. The summed E-state index contributed by atoms with van der Waals surface area (Å²) in [5.41, 5.74) is 1.29. The van der Waals surface area contributed by atoms with E-state index in [4.69, 9.17) is 9.15 Å². The van der Waals surface area contributed by atoms with Crippen LogP contribution >= 0.6 is 0 Å². The molecule has 0 spiro atoms.